The van der Waals surface area contributed by atoms with Crippen LogP contribution in [0.3, 0.4) is 0 Å². The maximum Gasteiger partial charge on any atom is 0.191 e. The van der Waals surface area contributed by atoms with E-state index in [4.69, 9.17) is 0 Å². The number of pyridine rings is 1. The van der Waals surface area contributed by atoms with Gasteiger partial charge in [0, 0.05) is 25.5 Å². The number of aromatic nitrogens is 1. The molecular weight excluding hydrogens is 291 g/mol. The van der Waals surface area contributed by atoms with Crippen LogP contribution in [0.25, 0.3) is 0 Å². The minimum absolute atomic E-state index is 0.233. The van der Waals surface area contributed by atoms with Crippen molar-refractivity contribution in [3.8, 4) is 0 Å². The Morgan fingerprint density at radius 3 is 2.87 bits per heavy atom. The van der Waals surface area contributed by atoms with Crippen molar-refractivity contribution >= 4 is 5.96 Å². The normalized spacial score (nSPS) is 11.3. The van der Waals surface area contributed by atoms with Crippen molar-refractivity contribution in [2.45, 2.75) is 26.8 Å². The van der Waals surface area contributed by atoms with E-state index in [1.165, 1.54) is 23.3 Å². The first-order chi connectivity index (χ1) is 11.2. The molecule has 0 saturated carbocycles. The summed E-state index contributed by atoms with van der Waals surface area (Å²) in [5.74, 6) is 0.507. The first kappa shape index (κ1) is 16.9. The second-order valence-corrected chi connectivity index (χ2v) is 5.30. The smallest absolute Gasteiger partial charge is 0.191 e. The van der Waals surface area contributed by atoms with Gasteiger partial charge in [-0.05, 0) is 55.2 Å². The SMILES string of the molecule is CCNC(=NCc1cccc(F)c1)NCCc1ccncc1C. The molecule has 0 aliphatic heterocycles. The fourth-order valence-corrected chi connectivity index (χ4v) is 2.25. The third kappa shape index (κ3) is 5.70. The number of hydrogen-bond donors (Lipinski definition) is 2. The lowest BCUT2D eigenvalue weighted by Gasteiger charge is -2.12. The monoisotopic (exact) mass is 314 g/mol. The van der Waals surface area contributed by atoms with Crippen molar-refractivity contribution < 1.29 is 4.39 Å². The van der Waals surface area contributed by atoms with Gasteiger partial charge in [-0.15, -0.1) is 0 Å². The van der Waals surface area contributed by atoms with Gasteiger partial charge in [0.2, 0.25) is 0 Å². The maximum atomic E-state index is 13.2. The fourth-order valence-electron chi connectivity index (χ4n) is 2.25. The summed E-state index contributed by atoms with van der Waals surface area (Å²) >= 11 is 0. The first-order valence-corrected chi connectivity index (χ1v) is 7.85. The van der Waals surface area contributed by atoms with E-state index in [0.717, 1.165) is 31.0 Å². The van der Waals surface area contributed by atoms with Crippen molar-refractivity contribution in [2.24, 2.45) is 4.99 Å². The lowest BCUT2D eigenvalue weighted by Crippen LogP contribution is -2.38. The van der Waals surface area contributed by atoms with Crippen LogP contribution in [0.5, 0.6) is 0 Å². The minimum Gasteiger partial charge on any atom is -0.357 e. The highest BCUT2D eigenvalue weighted by molar-refractivity contribution is 5.79. The van der Waals surface area contributed by atoms with E-state index >= 15 is 0 Å². The molecule has 122 valence electrons. The van der Waals surface area contributed by atoms with Crippen LogP contribution in [0.4, 0.5) is 4.39 Å². The topological polar surface area (TPSA) is 49.3 Å². The minimum atomic E-state index is -0.233. The number of guanidine groups is 1. The van der Waals surface area contributed by atoms with Crippen molar-refractivity contribution in [3.05, 3.63) is 65.2 Å². The zero-order chi connectivity index (χ0) is 16.5. The molecule has 0 bridgehead atoms. The van der Waals surface area contributed by atoms with Crippen LogP contribution < -0.4 is 10.6 Å². The molecule has 0 unspecified atom stereocenters. The van der Waals surface area contributed by atoms with E-state index in [0.29, 0.717) is 6.54 Å². The van der Waals surface area contributed by atoms with E-state index in [1.807, 2.05) is 31.5 Å². The summed E-state index contributed by atoms with van der Waals surface area (Å²) in [6.07, 6.45) is 4.59. The third-order valence-corrected chi connectivity index (χ3v) is 3.48. The number of hydrogen-bond acceptors (Lipinski definition) is 2. The van der Waals surface area contributed by atoms with Crippen LogP contribution in [0.2, 0.25) is 0 Å². The predicted octanol–water partition coefficient (Wildman–Crippen LogP) is 2.83. The summed E-state index contributed by atoms with van der Waals surface area (Å²) in [7, 11) is 0. The number of rotatable bonds is 6. The summed E-state index contributed by atoms with van der Waals surface area (Å²) in [6, 6.07) is 8.55. The number of nitrogens with zero attached hydrogens (tertiary/aromatic N) is 2. The average Bonchev–Trinajstić information content (AvgIpc) is 2.54. The molecule has 4 nitrogen and oxygen atoms in total. The Hall–Kier alpha value is -2.43. The number of aliphatic imine (C=N–C) groups is 1. The van der Waals surface area contributed by atoms with Gasteiger partial charge in [-0.2, -0.15) is 0 Å². The summed E-state index contributed by atoms with van der Waals surface area (Å²) in [6.45, 7) is 6.09. The summed E-state index contributed by atoms with van der Waals surface area (Å²) in [4.78, 5) is 8.59. The lowest BCUT2D eigenvalue weighted by atomic mass is 10.1. The Labute approximate surface area is 136 Å². The zero-order valence-electron chi connectivity index (χ0n) is 13.6. The van der Waals surface area contributed by atoms with Gasteiger partial charge in [0.15, 0.2) is 5.96 Å². The first-order valence-electron chi connectivity index (χ1n) is 7.85. The molecule has 1 heterocycles. The molecule has 0 aliphatic rings. The Balaban J connectivity index is 1.90. The van der Waals surface area contributed by atoms with Gasteiger partial charge in [0.25, 0.3) is 0 Å². The number of benzene rings is 1. The molecule has 0 saturated heterocycles. The summed E-state index contributed by atoms with van der Waals surface area (Å²) in [5, 5.41) is 6.51. The van der Waals surface area contributed by atoms with Crippen LogP contribution in [0, 0.1) is 12.7 Å². The highest BCUT2D eigenvalue weighted by Crippen LogP contribution is 2.06. The highest BCUT2D eigenvalue weighted by Gasteiger charge is 2.01. The summed E-state index contributed by atoms with van der Waals surface area (Å²) in [5.41, 5.74) is 3.32. The number of aryl methyl sites for hydroxylation is 1. The maximum absolute atomic E-state index is 13.2. The predicted molar refractivity (Wildman–Crippen MR) is 91.9 cm³/mol. The average molecular weight is 314 g/mol. The van der Waals surface area contributed by atoms with Gasteiger partial charge in [0.05, 0.1) is 6.54 Å². The van der Waals surface area contributed by atoms with Crippen LogP contribution in [0.1, 0.15) is 23.6 Å². The van der Waals surface area contributed by atoms with Gasteiger partial charge >= 0.3 is 0 Å². The molecular formula is C18H23FN4. The molecule has 23 heavy (non-hydrogen) atoms. The van der Waals surface area contributed by atoms with E-state index in [-0.39, 0.29) is 5.82 Å². The molecule has 0 atom stereocenters. The molecule has 0 amide bonds. The van der Waals surface area contributed by atoms with Crippen molar-refractivity contribution in [3.63, 3.8) is 0 Å². The highest BCUT2D eigenvalue weighted by atomic mass is 19.1. The molecule has 0 fully saturated rings. The fraction of sp³-hybridized carbons (Fsp3) is 0.333. The van der Waals surface area contributed by atoms with Gasteiger partial charge in [-0.3, -0.25) is 4.98 Å². The molecule has 2 aromatic rings. The molecule has 0 radical (unpaired) electrons. The number of halogens is 1. The van der Waals surface area contributed by atoms with Gasteiger partial charge in [-0.1, -0.05) is 12.1 Å². The van der Waals surface area contributed by atoms with Gasteiger partial charge < -0.3 is 10.6 Å². The third-order valence-electron chi connectivity index (χ3n) is 3.48. The van der Waals surface area contributed by atoms with Crippen LogP contribution >= 0.6 is 0 Å². The largest absolute Gasteiger partial charge is 0.357 e. The second kappa shape index (κ2) is 8.88. The van der Waals surface area contributed by atoms with Crippen molar-refractivity contribution in [1.82, 2.24) is 15.6 Å². The van der Waals surface area contributed by atoms with E-state index in [1.54, 1.807) is 6.07 Å². The molecule has 1 aromatic carbocycles. The molecule has 5 heteroatoms. The molecule has 0 spiro atoms. The van der Waals surface area contributed by atoms with E-state index in [9.17, 15) is 4.39 Å². The van der Waals surface area contributed by atoms with Crippen molar-refractivity contribution in [2.75, 3.05) is 13.1 Å². The molecule has 2 N–H and O–H groups in total. The quantitative estimate of drug-likeness (QED) is 0.637. The van der Waals surface area contributed by atoms with Crippen LogP contribution in [-0.2, 0) is 13.0 Å². The lowest BCUT2D eigenvalue weighted by molar-refractivity contribution is 0.625. The molecule has 1 aromatic heterocycles. The zero-order valence-corrected chi connectivity index (χ0v) is 13.6. The molecule has 0 aliphatic carbocycles. The Kier molecular flexibility index (Phi) is 6.54. The van der Waals surface area contributed by atoms with Gasteiger partial charge in [-0.25, -0.2) is 9.38 Å². The van der Waals surface area contributed by atoms with Crippen LogP contribution in [-0.4, -0.2) is 24.0 Å². The van der Waals surface area contributed by atoms with Crippen LogP contribution in [0.15, 0.2) is 47.7 Å². The Bertz CT molecular complexity index is 655. The van der Waals surface area contributed by atoms with E-state index < -0.39 is 0 Å². The number of nitrogens with one attached hydrogen (secondary N) is 2. The van der Waals surface area contributed by atoms with E-state index in [2.05, 4.69) is 27.5 Å². The Morgan fingerprint density at radius 1 is 1.26 bits per heavy atom. The Morgan fingerprint density at radius 2 is 2.13 bits per heavy atom. The van der Waals surface area contributed by atoms with Crippen molar-refractivity contribution in [1.29, 1.82) is 0 Å². The second-order valence-electron chi connectivity index (χ2n) is 5.30. The summed E-state index contributed by atoms with van der Waals surface area (Å²) < 4.78 is 13.2. The van der Waals surface area contributed by atoms with Gasteiger partial charge in [0.1, 0.15) is 5.82 Å². The molecule has 2 rings (SSSR count). The standard InChI is InChI=1S/C18H23FN4/c1-3-21-18(23-13-15-5-4-6-17(19)11-15)22-10-8-16-7-9-20-12-14(16)2/h4-7,9,11-12H,3,8,10,13H2,1-2H3,(H2,21,22,23).